The van der Waals surface area contributed by atoms with Crippen LogP contribution in [0.1, 0.15) is 17.5 Å². The van der Waals surface area contributed by atoms with Gasteiger partial charge < -0.3 is 15.6 Å². The Morgan fingerprint density at radius 3 is 2.54 bits per heavy atom. The summed E-state index contributed by atoms with van der Waals surface area (Å²) in [7, 11) is 0. The van der Waals surface area contributed by atoms with Crippen molar-refractivity contribution in [1.29, 1.82) is 0 Å². The zero-order valence-corrected chi connectivity index (χ0v) is 15.9. The van der Waals surface area contributed by atoms with Gasteiger partial charge in [0, 0.05) is 17.0 Å². The zero-order chi connectivity index (χ0) is 19.7. The number of nitrogens with two attached hydrogens (primary N) is 1. The van der Waals surface area contributed by atoms with E-state index in [9.17, 15) is 9.90 Å². The molecular weight excluding hydrogens is 374 g/mol. The number of carbonyl (C=O) groups is 1. The first-order valence-corrected chi connectivity index (χ1v) is 9.49. The average molecular weight is 394 g/mol. The standard InChI is InChI=1S/C23H20ClNO3/c24-18-8-5-16(6-9-18)20-3-1-2-4-21(20)28-19-10-7-15-11-12-23(25,22(26)27)14-17(15)13-19/h1-10,13H,11-12,14,25H2,(H,26,27). The maximum atomic E-state index is 11.5. The quantitative estimate of drug-likeness (QED) is 0.649. The molecule has 1 aliphatic rings. The third kappa shape index (κ3) is 3.61. The van der Waals surface area contributed by atoms with E-state index in [1.165, 1.54) is 0 Å². The van der Waals surface area contributed by atoms with Gasteiger partial charge >= 0.3 is 5.97 Å². The SMILES string of the molecule is NC1(C(=O)O)CCc2ccc(Oc3ccccc3-c3ccc(Cl)cc3)cc2C1. The number of hydrogen-bond donors (Lipinski definition) is 2. The molecule has 0 spiro atoms. The van der Waals surface area contributed by atoms with Crippen LogP contribution in [-0.4, -0.2) is 16.6 Å². The molecule has 0 heterocycles. The Bertz CT molecular complexity index is 1030. The second-order valence-electron chi connectivity index (χ2n) is 7.17. The Morgan fingerprint density at radius 1 is 1.04 bits per heavy atom. The van der Waals surface area contributed by atoms with Crippen LogP contribution in [0, 0.1) is 0 Å². The van der Waals surface area contributed by atoms with Gasteiger partial charge in [-0.3, -0.25) is 4.79 Å². The molecule has 1 unspecified atom stereocenters. The molecule has 0 saturated heterocycles. The van der Waals surface area contributed by atoms with Crippen LogP contribution >= 0.6 is 11.6 Å². The lowest BCUT2D eigenvalue weighted by Gasteiger charge is -2.31. The predicted octanol–water partition coefficient (Wildman–Crippen LogP) is 5.07. The highest BCUT2D eigenvalue weighted by Gasteiger charge is 2.37. The summed E-state index contributed by atoms with van der Waals surface area (Å²) in [4.78, 5) is 11.5. The molecule has 3 aromatic carbocycles. The number of ether oxygens (including phenoxy) is 1. The molecule has 4 nitrogen and oxygen atoms in total. The maximum Gasteiger partial charge on any atom is 0.324 e. The molecular formula is C23H20ClNO3. The summed E-state index contributed by atoms with van der Waals surface area (Å²) in [5.41, 5.74) is 8.88. The number of carboxylic acid groups (broad SMARTS) is 1. The topological polar surface area (TPSA) is 72.6 Å². The minimum absolute atomic E-state index is 0.299. The molecule has 3 aromatic rings. The van der Waals surface area contributed by atoms with Crippen LogP contribution in [-0.2, 0) is 17.6 Å². The summed E-state index contributed by atoms with van der Waals surface area (Å²) in [5.74, 6) is 0.421. The van der Waals surface area contributed by atoms with Crippen LogP contribution in [0.15, 0.2) is 66.7 Å². The van der Waals surface area contributed by atoms with Crippen molar-refractivity contribution in [2.24, 2.45) is 5.73 Å². The van der Waals surface area contributed by atoms with Gasteiger partial charge in [-0.05, 0) is 59.9 Å². The van der Waals surface area contributed by atoms with Gasteiger partial charge in [0.1, 0.15) is 17.0 Å². The van der Waals surface area contributed by atoms with E-state index in [2.05, 4.69) is 0 Å². The number of halogens is 1. The van der Waals surface area contributed by atoms with Crippen molar-refractivity contribution >= 4 is 17.6 Å². The molecule has 28 heavy (non-hydrogen) atoms. The number of hydrogen-bond acceptors (Lipinski definition) is 3. The molecule has 0 fully saturated rings. The second kappa shape index (κ2) is 7.30. The Balaban J connectivity index is 1.65. The lowest BCUT2D eigenvalue weighted by Crippen LogP contribution is -2.52. The van der Waals surface area contributed by atoms with Crippen molar-refractivity contribution in [3.05, 3.63) is 82.9 Å². The Morgan fingerprint density at radius 2 is 1.79 bits per heavy atom. The number of fused-ring (bicyclic) bond motifs is 1. The first-order valence-electron chi connectivity index (χ1n) is 9.11. The van der Waals surface area contributed by atoms with Gasteiger partial charge in [-0.1, -0.05) is 48.0 Å². The van der Waals surface area contributed by atoms with Crippen LogP contribution in [0.25, 0.3) is 11.1 Å². The van der Waals surface area contributed by atoms with Crippen molar-refractivity contribution in [1.82, 2.24) is 0 Å². The van der Waals surface area contributed by atoms with Gasteiger partial charge in [-0.25, -0.2) is 0 Å². The number of aryl methyl sites for hydroxylation is 1. The molecule has 1 atom stereocenters. The number of aliphatic carboxylic acids is 1. The van der Waals surface area contributed by atoms with E-state index in [1.807, 2.05) is 66.7 Å². The fourth-order valence-corrected chi connectivity index (χ4v) is 3.72. The Hall–Kier alpha value is -2.82. The summed E-state index contributed by atoms with van der Waals surface area (Å²) in [5, 5.41) is 10.1. The smallest absolute Gasteiger partial charge is 0.324 e. The van der Waals surface area contributed by atoms with Gasteiger partial charge in [-0.2, -0.15) is 0 Å². The van der Waals surface area contributed by atoms with Crippen molar-refractivity contribution < 1.29 is 14.6 Å². The number of rotatable bonds is 4. The van der Waals surface area contributed by atoms with E-state index in [0.717, 1.165) is 28.0 Å². The van der Waals surface area contributed by atoms with Gasteiger partial charge in [-0.15, -0.1) is 0 Å². The molecule has 0 radical (unpaired) electrons. The lowest BCUT2D eigenvalue weighted by atomic mass is 9.78. The van der Waals surface area contributed by atoms with Gasteiger partial charge in [0.25, 0.3) is 0 Å². The minimum Gasteiger partial charge on any atom is -0.480 e. The molecule has 1 aliphatic carbocycles. The monoisotopic (exact) mass is 393 g/mol. The second-order valence-corrected chi connectivity index (χ2v) is 7.61. The molecule has 5 heteroatoms. The summed E-state index contributed by atoms with van der Waals surface area (Å²) < 4.78 is 6.17. The van der Waals surface area contributed by atoms with E-state index in [-0.39, 0.29) is 0 Å². The Labute approximate surface area is 168 Å². The van der Waals surface area contributed by atoms with Crippen molar-refractivity contribution in [2.75, 3.05) is 0 Å². The molecule has 3 N–H and O–H groups in total. The minimum atomic E-state index is -1.22. The highest BCUT2D eigenvalue weighted by atomic mass is 35.5. The third-order valence-corrected chi connectivity index (χ3v) is 5.47. The third-order valence-electron chi connectivity index (χ3n) is 5.22. The zero-order valence-electron chi connectivity index (χ0n) is 15.2. The van der Waals surface area contributed by atoms with E-state index >= 15 is 0 Å². The van der Waals surface area contributed by atoms with Gasteiger partial charge in [0.15, 0.2) is 0 Å². The van der Waals surface area contributed by atoms with Crippen LogP contribution in [0.4, 0.5) is 0 Å². The van der Waals surface area contributed by atoms with Crippen LogP contribution < -0.4 is 10.5 Å². The largest absolute Gasteiger partial charge is 0.480 e. The van der Waals surface area contributed by atoms with E-state index in [4.69, 9.17) is 22.1 Å². The molecule has 4 rings (SSSR count). The summed E-state index contributed by atoms with van der Waals surface area (Å²) in [6, 6.07) is 21.2. The van der Waals surface area contributed by atoms with Gasteiger partial charge in [0.05, 0.1) is 0 Å². The first kappa shape index (κ1) is 18.5. The van der Waals surface area contributed by atoms with Crippen LogP contribution in [0.5, 0.6) is 11.5 Å². The maximum absolute atomic E-state index is 11.5. The van der Waals surface area contributed by atoms with Crippen LogP contribution in [0.3, 0.4) is 0 Å². The Kier molecular flexibility index (Phi) is 4.84. The fourth-order valence-electron chi connectivity index (χ4n) is 3.59. The van der Waals surface area contributed by atoms with E-state index in [1.54, 1.807) is 0 Å². The average Bonchev–Trinajstić information content (AvgIpc) is 2.69. The summed E-state index contributed by atoms with van der Waals surface area (Å²) in [6.07, 6.45) is 1.39. The number of para-hydroxylation sites is 1. The lowest BCUT2D eigenvalue weighted by molar-refractivity contribution is -0.143. The van der Waals surface area contributed by atoms with Gasteiger partial charge in [0.2, 0.25) is 0 Å². The highest BCUT2D eigenvalue weighted by Crippen LogP contribution is 2.36. The normalized spacial score (nSPS) is 18.4. The highest BCUT2D eigenvalue weighted by molar-refractivity contribution is 6.30. The van der Waals surface area contributed by atoms with Crippen molar-refractivity contribution in [3.8, 4) is 22.6 Å². The summed E-state index contributed by atoms with van der Waals surface area (Å²) in [6.45, 7) is 0. The fraction of sp³-hybridized carbons (Fsp3) is 0.174. The first-order chi connectivity index (χ1) is 13.4. The van der Waals surface area contributed by atoms with E-state index in [0.29, 0.717) is 30.0 Å². The van der Waals surface area contributed by atoms with Crippen LogP contribution in [0.2, 0.25) is 5.02 Å². The number of carboxylic acids is 1. The molecule has 0 bridgehead atoms. The molecule has 142 valence electrons. The summed E-state index contributed by atoms with van der Waals surface area (Å²) >= 11 is 6.00. The van der Waals surface area contributed by atoms with Crippen molar-refractivity contribution in [2.45, 2.75) is 24.8 Å². The van der Waals surface area contributed by atoms with Crippen molar-refractivity contribution in [3.63, 3.8) is 0 Å². The molecule has 0 amide bonds. The molecule has 0 saturated carbocycles. The molecule has 0 aromatic heterocycles. The molecule has 0 aliphatic heterocycles. The number of benzene rings is 3. The van der Waals surface area contributed by atoms with E-state index < -0.39 is 11.5 Å². The predicted molar refractivity (Wildman–Crippen MR) is 110 cm³/mol.